The van der Waals surface area contributed by atoms with Gasteiger partial charge in [0.05, 0.1) is 11.7 Å². The highest BCUT2D eigenvalue weighted by Crippen LogP contribution is 2.33. The van der Waals surface area contributed by atoms with Gasteiger partial charge in [-0.25, -0.2) is 9.97 Å². The summed E-state index contributed by atoms with van der Waals surface area (Å²) in [5, 5.41) is 6.15. The number of hydrogen-bond donors (Lipinski definition) is 2. The molecule has 0 spiro atoms. The van der Waals surface area contributed by atoms with Crippen molar-refractivity contribution in [3.63, 3.8) is 0 Å². The largest absolute Gasteiger partial charge is 0.344 e. The van der Waals surface area contributed by atoms with Crippen molar-refractivity contribution in [2.75, 3.05) is 11.9 Å². The maximum Gasteiger partial charge on any atom is 0.245 e. The van der Waals surface area contributed by atoms with Crippen LogP contribution >= 0.6 is 0 Å². The standard InChI is InChI=1S/C24H24N6O2/c31-22-9-8-18(27-22)24(32)30-14-4-7-20(30)23-28-19(16-10-12-25-13-11-16)15-21(29-23)26-17-5-2-1-3-6-17/h1-3,5-6,10-13,15,18,20H,4,7-9,14H2,(H,27,31)(H,26,28,29)/t18-,20-/m0/s1. The molecule has 2 aliphatic rings. The molecule has 2 N–H and O–H groups in total. The lowest BCUT2D eigenvalue weighted by Crippen LogP contribution is -2.44. The maximum atomic E-state index is 13.1. The number of anilines is 2. The Morgan fingerprint density at radius 3 is 2.62 bits per heavy atom. The number of carbonyl (C=O) groups excluding carboxylic acids is 2. The molecule has 0 aliphatic carbocycles. The second-order valence-electron chi connectivity index (χ2n) is 8.07. The van der Waals surface area contributed by atoms with E-state index in [1.807, 2.05) is 53.4 Å². The summed E-state index contributed by atoms with van der Waals surface area (Å²) in [6.07, 6.45) is 6.07. The molecule has 2 aliphatic heterocycles. The Kier molecular flexibility index (Phi) is 5.49. The van der Waals surface area contributed by atoms with E-state index < -0.39 is 6.04 Å². The second kappa shape index (κ2) is 8.74. The molecular weight excluding hydrogens is 404 g/mol. The molecule has 8 heteroatoms. The van der Waals surface area contributed by atoms with Crippen molar-refractivity contribution in [3.8, 4) is 11.3 Å². The summed E-state index contributed by atoms with van der Waals surface area (Å²) >= 11 is 0. The molecule has 2 fully saturated rings. The van der Waals surface area contributed by atoms with Crippen molar-refractivity contribution in [1.29, 1.82) is 0 Å². The first-order valence-corrected chi connectivity index (χ1v) is 10.9. The molecule has 162 valence electrons. The lowest BCUT2D eigenvalue weighted by Gasteiger charge is -2.27. The van der Waals surface area contributed by atoms with Crippen LogP contribution in [0.25, 0.3) is 11.3 Å². The summed E-state index contributed by atoms with van der Waals surface area (Å²) in [6.45, 7) is 0.639. The highest BCUT2D eigenvalue weighted by atomic mass is 16.2. The van der Waals surface area contributed by atoms with Crippen molar-refractivity contribution in [1.82, 2.24) is 25.2 Å². The Labute approximate surface area is 186 Å². The third-order valence-corrected chi connectivity index (χ3v) is 5.89. The Balaban J connectivity index is 1.49. The van der Waals surface area contributed by atoms with Crippen LogP contribution < -0.4 is 10.6 Å². The van der Waals surface area contributed by atoms with Gasteiger partial charge in [-0.2, -0.15) is 0 Å². The fraction of sp³-hybridized carbons (Fsp3) is 0.292. The Morgan fingerprint density at radius 1 is 1.06 bits per heavy atom. The van der Waals surface area contributed by atoms with E-state index in [0.717, 1.165) is 29.8 Å². The molecule has 0 saturated carbocycles. The van der Waals surface area contributed by atoms with Crippen molar-refractivity contribution < 1.29 is 9.59 Å². The monoisotopic (exact) mass is 428 g/mol. The van der Waals surface area contributed by atoms with Crippen LogP contribution in [0.4, 0.5) is 11.5 Å². The van der Waals surface area contributed by atoms with E-state index in [1.54, 1.807) is 12.4 Å². The van der Waals surface area contributed by atoms with E-state index in [0.29, 0.717) is 31.0 Å². The number of rotatable bonds is 5. The lowest BCUT2D eigenvalue weighted by molar-refractivity contribution is -0.135. The summed E-state index contributed by atoms with van der Waals surface area (Å²) in [5.41, 5.74) is 2.62. The van der Waals surface area contributed by atoms with E-state index >= 15 is 0 Å². The van der Waals surface area contributed by atoms with Gasteiger partial charge in [0.25, 0.3) is 0 Å². The molecule has 2 amide bonds. The molecule has 5 rings (SSSR count). The van der Waals surface area contributed by atoms with Gasteiger partial charge in [0.2, 0.25) is 11.8 Å². The average Bonchev–Trinajstić information content (AvgIpc) is 3.49. The van der Waals surface area contributed by atoms with Crippen molar-refractivity contribution in [2.45, 2.75) is 37.8 Å². The van der Waals surface area contributed by atoms with Gasteiger partial charge in [-0.1, -0.05) is 18.2 Å². The number of benzene rings is 1. The van der Waals surface area contributed by atoms with Gasteiger partial charge in [-0.3, -0.25) is 14.6 Å². The van der Waals surface area contributed by atoms with Crippen molar-refractivity contribution in [3.05, 3.63) is 66.7 Å². The van der Waals surface area contributed by atoms with Crippen LogP contribution in [0.15, 0.2) is 60.9 Å². The number of nitrogens with zero attached hydrogens (tertiary/aromatic N) is 4. The first-order valence-electron chi connectivity index (χ1n) is 10.9. The van der Waals surface area contributed by atoms with Gasteiger partial charge in [0.15, 0.2) is 5.82 Å². The third-order valence-electron chi connectivity index (χ3n) is 5.89. The van der Waals surface area contributed by atoms with E-state index in [4.69, 9.17) is 9.97 Å². The summed E-state index contributed by atoms with van der Waals surface area (Å²) in [6, 6.07) is 14.9. The summed E-state index contributed by atoms with van der Waals surface area (Å²) in [4.78, 5) is 40.3. The molecule has 2 saturated heterocycles. The minimum absolute atomic E-state index is 0.0474. The van der Waals surface area contributed by atoms with Crippen molar-refractivity contribution >= 4 is 23.3 Å². The number of aromatic nitrogens is 3. The predicted octanol–water partition coefficient (Wildman–Crippen LogP) is 3.22. The van der Waals surface area contributed by atoms with Gasteiger partial charge >= 0.3 is 0 Å². The number of pyridine rings is 1. The highest BCUT2D eigenvalue weighted by Gasteiger charge is 2.38. The Hall–Kier alpha value is -3.81. The zero-order valence-electron chi connectivity index (χ0n) is 17.6. The molecule has 0 radical (unpaired) electrons. The highest BCUT2D eigenvalue weighted by molar-refractivity contribution is 5.91. The zero-order valence-corrected chi connectivity index (χ0v) is 17.6. The summed E-state index contributed by atoms with van der Waals surface area (Å²) in [5.74, 6) is 1.16. The van der Waals surface area contributed by atoms with E-state index in [2.05, 4.69) is 15.6 Å². The maximum absolute atomic E-state index is 13.1. The van der Waals surface area contributed by atoms with Crippen LogP contribution in [-0.4, -0.2) is 44.3 Å². The SMILES string of the molecule is O=C1CC[C@@H](C(=O)N2CCC[C@H]2c2nc(Nc3ccccc3)cc(-c3ccncc3)n2)N1. The normalized spacial score (nSPS) is 20.2. The van der Waals surface area contributed by atoms with Gasteiger partial charge in [0, 0.05) is 42.7 Å². The molecule has 32 heavy (non-hydrogen) atoms. The second-order valence-corrected chi connectivity index (χ2v) is 8.07. The molecule has 2 atom stereocenters. The molecule has 3 aromatic rings. The quantitative estimate of drug-likeness (QED) is 0.647. The van der Waals surface area contributed by atoms with Gasteiger partial charge in [0.1, 0.15) is 11.9 Å². The molecular formula is C24H24N6O2. The Morgan fingerprint density at radius 2 is 1.88 bits per heavy atom. The molecule has 2 aromatic heterocycles. The van der Waals surface area contributed by atoms with E-state index in [1.165, 1.54) is 0 Å². The van der Waals surface area contributed by atoms with Crippen LogP contribution in [0, 0.1) is 0 Å². The number of nitrogens with one attached hydrogen (secondary N) is 2. The predicted molar refractivity (Wildman–Crippen MR) is 120 cm³/mol. The molecule has 0 unspecified atom stereocenters. The fourth-order valence-electron chi connectivity index (χ4n) is 4.32. The number of likely N-dealkylation sites (tertiary alicyclic amines) is 1. The molecule has 4 heterocycles. The number of hydrogen-bond acceptors (Lipinski definition) is 6. The molecule has 0 bridgehead atoms. The first-order chi connectivity index (χ1) is 15.7. The van der Waals surface area contributed by atoms with E-state index in [9.17, 15) is 9.59 Å². The van der Waals surface area contributed by atoms with Gasteiger partial charge in [-0.15, -0.1) is 0 Å². The zero-order chi connectivity index (χ0) is 21.9. The minimum Gasteiger partial charge on any atom is -0.344 e. The number of amides is 2. The van der Waals surface area contributed by atoms with Crippen LogP contribution in [-0.2, 0) is 9.59 Å². The summed E-state index contributed by atoms with van der Waals surface area (Å²) < 4.78 is 0. The average molecular weight is 428 g/mol. The smallest absolute Gasteiger partial charge is 0.245 e. The molecule has 8 nitrogen and oxygen atoms in total. The van der Waals surface area contributed by atoms with Crippen LogP contribution in [0.1, 0.15) is 37.5 Å². The van der Waals surface area contributed by atoms with E-state index in [-0.39, 0.29) is 17.9 Å². The van der Waals surface area contributed by atoms with Crippen LogP contribution in [0.5, 0.6) is 0 Å². The van der Waals surface area contributed by atoms with Gasteiger partial charge in [-0.05, 0) is 43.5 Å². The van der Waals surface area contributed by atoms with Crippen LogP contribution in [0.2, 0.25) is 0 Å². The topological polar surface area (TPSA) is 100 Å². The lowest BCUT2D eigenvalue weighted by atomic mass is 10.1. The Bertz CT molecular complexity index is 1120. The van der Waals surface area contributed by atoms with Crippen molar-refractivity contribution in [2.24, 2.45) is 0 Å². The molecule has 1 aromatic carbocycles. The summed E-state index contributed by atoms with van der Waals surface area (Å²) in [7, 11) is 0. The number of carbonyl (C=O) groups is 2. The number of para-hydroxylation sites is 1. The van der Waals surface area contributed by atoms with Crippen LogP contribution in [0.3, 0.4) is 0 Å². The fourth-order valence-corrected chi connectivity index (χ4v) is 4.32. The van der Waals surface area contributed by atoms with Gasteiger partial charge < -0.3 is 15.5 Å². The third kappa shape index (κ3) is 4.16. The minimum atomic E-state index is -0.451. The first kappa shape index (κ1) is 20.1.